The smallest absolute Gasteiger partial charge is 0.306 e. The second-order valence-corrected chi connectivity index (χ2v) is 7.96. The Bertz CT molecular complexity index is 450. The van der Waals surface area contributed by atoms with E-state index >= 15 is 0 Å². The molecule has 0 aromatic heterocycles. The second kappa shape index (κ2) is 7.07. The summed E-state index contributed by atoms with van der Waals surface area (Å²) in [5.41, 5.74) is 0. The van der Waals surface area contributed by atoms with Crippen molar-refractivity contribution in [3.63, 3.8) is 0 Å². The van der Waals surface area contributed by atoms with Gasteiger partial charge in [0, 0.05) is 19.1 Å². The van der Waals surface area contributed by atoms with E-state index in [4.69, 9.17) is 5.11 Å². The fraction of sp³-hybridized carbons (Fsp3) is 0.929. The third kappa shape index (κ3) is 4.40. The van der Waals surface area contributed by atoms with Gasteiger partial charge in [0.25, 0.3) is 10.2 Å². The lowest BCUT2D eigenvalue weighted by molar-refractivity contribution is -0.142. The minimum atomic E-state index is -3.47. The Hall–Kier alpha value is -0.660. The molecule has 7 heteroatoms. The lowest BCUT2D eigenvalue weighted by Gasteiger charge is -2.33. The Morgan fingerprint density at radius 3 is 2.19 bits per heavy atom. The van der Waals surface area contributed by atoms with Crippen LogP contribution in [-0.4, -0.2) is 42.9 Å². The molecule has 6 nitrogen and oxygen atoms in total. The zero-order chi connectivity index (χ0) is 15.5. The van der Waals surface area contributed by atoms with Crippen LogP contribution in [0.5, 0.6) is 0 Å². The van der Waals surface area contributed by atoms with E-state index in [9.17, 15) is 13.2 Å². The lowest BCUT2D eigenvalue weighted by atomic mass is 9.85. The summed E-state index contributed by atoms with van der Waals surface area (Å²) < 4.78 is 28.9. The first-order valence-corrected chi connectivity index (χ1v) is 9.36. The molecule has 2 N–H and O–H groups in total. The summed E-state index contributed by atoms with van der Waals surface area (Å²) in [4.78, 5) is 10.9. The summed E-state index contributed by atoms with van der Waals surface area (Å²) in [7, 11) is -3.47. The van der Waals surface area contributed by atoms with Gasteiger partial charge in [-0.15, -0.1) is 0 Å². The van der Waals surface area contributed by atoms with Crippen molar-refractivity contribution in [1.29, 1.82) is 0 Å². The molecule has 0 aromatic carbocycles. The fourth-order valence-corrected chi connectivity index (χ4v) is 4.81. The van der Waals surface area contributed by atoms with Crippen molar-refractivity contribution in [2.75, 3.05) is 13.1 Å². The van der Waals surface area contributed by atoms with Crippen LogP contribution in [0.4, 0.5) is 0 Å². The Labute approximate surface area is 127 Å². The molecule has 2 rings (SSSR count). The summed E-state index contributed by atoms with van der Waals surface area (Å²) in [6.45, 7) is 2.79. The van der Waals surface area contributed by atoms with Crippen LogP contribution in [0.2, 0.25) is 0 Å². The summed E-state index contributed by atoms with van der Waals surface area (Å²) in [6.07, 6.45) is 5.96. The number of carboxylic acids is 1. The van der Waals surface area contributed by atoms with Gasteiger partial charge < -0.3 is 5.11 Å². The van der Waals surface area contributed by atoms with Gasteiger partial charge in [0.05, 0.1) is 5.92 Å². The third-order valence-electron chi connectivity index (χ3n) is 4.88. The number of hydrogen-bond donors (Lipinski definition) is 2. The number of hydrogen-bond acceptors (Lipinski definition) is 3. The van der Waals surface area contributed by atoms with Gasteiger partial charge in [-0.3, -0.25) is 4.79 Å². The van der Waals surface area contributed by atoms with Gasteiger partial charge in [-0.1, -0.05) is 13.3 Å². The highest BCUT2D eigenvalue weighted by molar-refractivity contribution is 7.87. The number of carbonyl (C=O) groups is 1. The van der Waals surface area contributed by atoms with Gasteiger partial charge in [0.1, 0.15) is 0 Å². The largest absolute Gasteiger partial charge is 0.481 e. The van der Waals surface area contributed by atoms with Crippen LogP contribution >= 0.6 is 0 Å². The number of nitrogens with one attached hydrogen (secondary N) is 1. The summed E-state index contributed by atoms with van der Waals surface area (Å²) in [5.74, 6) is -0.494. The highest BCUT2D eigenvalue weighted by Crippen LogP contribution is 2.27. The van der Waals surface area contributed by atoms with Crippen molar-refractivity contribution in [2.24, 2.45) is 11.8 Å². The molecule has 21 heavy (non-hydrogen) atoms. The van der Waals surface area contributed by atoms with Crippen molar-refractivity contribution in [2.45, 2.75) is 57.9 Å². The molecule has 1 saturated heterocycles. The van der Waals surface area contributed by atoms with E-state index in [1.165, 1.54) is 10.7 Å². The molecule has 0 radical (unpaired) electrons. The fourth-order valence-electron chi connectivity index (χ4n) is 3.32. The maximum absolute atomic E-state index is 12.3. The van der Waals surface area contributed by atoms with Gasteiger partial charge in [-0.2, -0.15) is 17.4 Å². The zero-order valence-electron chi connectivity index (χ0n) is 12.6. The van der Waals surface area contributed by atoms with Gasteiger partial charge in [0.15, 0.2) is 0 Å². The molecule has 1 aliphatic carbocycles. The molecular weight excluding hydrogens is 292 g/mol. The zero-order valence-corrected chi connectivity index (χ0v) is 13.4. The van der Waals surface area contributed by atoms with Crippen molar-refractivity contribution in [3.05, 3.63) is 0 Å². The van der Waals surface area contributed by atoms with Crippen molar-refractivity contribution < 1.29 is 18.3 Å². The van der Waals surface area contributed by atoms with Crippen LogP contribution < -0.4 is 4.72 Å². The quantitative estimate of drug-likeness (QED) is 0.806. The first kappa shape index (κ1) is 16.7. The van der Waals surface area contributed by atoms with E-state index in [1.807, 2.05) is 0 Å². The number of aliphatic carboxylic acids is 1. The van der Waals surface area contributed by atoms with Crippen LogP contribution in [0.25, 0.3) is 0 Å². The van der Waals surface area contributed by atoms with Crippen molar-refractivity contribution in [3.8, 4) is 0 Å². The average Bonchev–Trinajstić information content (AvgIpc) is 2.48. The maximum Gasteiger partial charge on any atom is 0.306 e. The summed E-state index contributed by atoms with van der Waals surface area (Å²) >= 11 is 0. The van der Waals surface area contributed by atoms with E-state index in [0.29, 0.717) is 25.9 Å². The van der Waals surface area contributed by atoms with E-state index in [-0.39, 0.29) is 6.04 Å². The van der Waals surface area contributed by atoms with Crippen LogP contribution in [0.1, 0.15) is 51.9 Å². The molecule has 0 atom stereocenters. The van der Waals surface area contributed by atoms with Gasteiger partial charge in [-0.05, 0) is 44.4 Å². The highest BCUT2D eigenvalue weighted by Gasteiger charge is 2.33. The Balaban J connectivity index is 1.84. The molecule has 122 valence electrons. The molecule has 0 spiro atoms. The first-order chi connectivity index (χ1) is 9.92. The SMILES string of the molecule is CCC1CCC(NS(=O)(=O)N2CCC(C(=O)O)CC2)CC1. The molecule has 0 amide bonds. The van der Waals surface area contributed by atoms with Crippen LogP contribution in [0.3, 0.4) is 0 Å². The monoisotopic (exact) mass is 318 g/mol. The Morgan fingerprint density at radius 1 is 1.14 bits per heavy atom. The predicted molar refractivity (Wildman–Crippen MR) is 80.0 cm³/mol. The van der Waals surface area contributed by atoms with Crippen molar-refractivity contribution >= 4 is 16.2 Å². The van der Waals surface area contributed by atoms with Crippen LogP contribution in [0.15, 0.2) is 0 Å². The number of piperidine rings is 1. The van der Waals surface area contributed by atoms with Gasteiger partial charge in [0.2, 0.25) is 0 Å². The lowest BCUT2D eigenvalue weighted by Crippen LogP contribution is -2.49. The minimum Gasteiger partial charge on any atom is -0.481 e. The number of carboxylic acid groups (broad SMARTS) is 1. The third-order valence-corrected chi connectivity index (χ3v) is 6.56. The molecular formula is C14H26N2O4S. The summed E-state index contributed by atoms with van der Waals surface area (Å²) in [5, 5.41) is 8.95. The average molecular weight is 318 g/mol. The maximum atomic E-state index is 12.3. The van der Waals surface area contributed by atoms with Crippen LogP contribution in [0, 0.1) is 11.8 Å². The molecule has 2 fully saturated rings. The predicted octanol–water partition coefficient (Wildman–Crippen LogP) is 1.59. The highest BCUT2D eigenvalue weighted by atomic mass is 32.2. The van der Waals surface area contributed by atoms with E-state index in [0.717, 1.165) is 31.6 Å². The molecule has 1 aliphatic heterocycles. The van der Waals surface area contributed by atoms with E-state index < -0.39 is 22.1 Å². The minimum absolute atomic E-state index is 0.0370. The van der Waals surface area contributed by atoms with Crippen molar-refractivity contribution in [1.82, 2.24) is 9.03 Å². The molecule has 2 aliphatic rings. The summed E-state index contributed by atoms with van der Waals surface area (Å²) in [6, 6.07) is 0.0370. The first-order valence-electron chi connectivity index (χ1n) is 7.92. The van der Waals surface area contributed by atoms with E-state index in [2.05, 4.69) is 11.6 Å². The molecule has 1 saturated carbocycles. The van der Waals surface area contributed by atoms with Crippen LogP contribution in [-0.2, 0) is 15.0 Å². The topological polar surface area (TPSA) is 86.7 Å². The molecule has 1 heterocycles. The van der Waals surface area contributed by atoms with Gasteiger partial charge >= 0.3 is 5.97 Å². The normalized spacial score (nSPS) is 29.4. The Kier molecular flexibility index (Phi) is 5.62. The number of rotatable bonds is 5. The van der Waals surface area contributed by atoms with Gasteiger partial charge in [-0.25, -0.2) is 0 Å². The second-order valence-electron chi connectivity index (χ2n) is 6.26. The van der Waals surface area contributed by atoms with E-state index in [1.54, 1.807) is 0 Å². The standard InChI is InChI=1S/C14H26N2O4S/c1-2-11-3-5-13(6-4-11)15-21(19,20)16-9-7-12(8-10-16)14(17)18/h11-13,15H,2-10H2,1H3,(H,17,18). The number of nitrogens with zero attached hydrogens (tertiary/aromatic N) is 1. The molecule has 0 aromatic rings. The molecule has 0 bridgehead atoms. The molecule has 0 unspecified atom stereocenters. The Morgan fingerprint density at radius 2 is 1.71 bits per heavy atom.